The molecule has 0 saturated carbocycles. The largest absolute Gasteiger partial charge is 0.282 e. The molecule has 0 aromatic rings. The Bertz CT molecular complexity index is 120. The summed E-state index contributed by atoms with van der Waals surface area (Å²) in [6.07, 6.45) is 0. The van der Waals surface area contributed by atoms with E-state index < -0.39 is 0 Å². The first kappa shape index (κ1) is 9.11. The van der Waals surface area contributed by atoms with Gasteiger partial charge in [-0.3, -0.25) is 4.79 Å². The highest BCUT2D eigenvalue weighted by Gasteiger charge is 1.99. The minimum absolute atomic E-state index is 0.0732. The zero-order chi connectivity index (χ0) is 7.28. The number of thioether (sulfide) groups is 1. The van der Waals surface area contributed by atoms with Crippen LogP contribution >= 0.6 is 24.4 Å². The van der Waals surface area contributed by atoms with Crippen molar-refractivity contribution in [2.75, 3.05) is 11.5 Å². The first-order chi connectivity index (χ1) is 4.18. The van der Waals surface area contributed by atoms with Gasteiger partial charge in [0.1, 0.15) is 0 Å². The van der Waals surface area contributed by atoms with Gasteiger partial charge in [0.05, 0.1) is 0 Å². The molecule has 3 heteroatoms. The standard InChI is InChI=1S/C6H10OS2/c1-5(2)6(7)9-4-3-8/h8H,1,3-4H2,2H3. The Labute approximate surface area is 65.3 Å². The van der Waals surface area contributed by atoms with Gasteiger partial charge in [-0.2, -0.15) is 12.6 Å². The Hall–Kier alpha value is 0.110. The van der Waals surface area contributed by atoms with E-state index in [0.717, 1.165) is 11.5 Å². The van der Waals surface area contributed by atoms with Crippen LogP contribution in [0.25, 0.3) is 0 Å². The fourth-order valence-corrected chi connectivity index (χ4v) is 1.06. The summed E-state index contributed by atoms with van der Waals surface area (Å²) in [5.74, 6) is 1.51. The maximum absolute atomic E-state index is 10.7. The van der Waals surface area contributed by atoms with Crippen molar-refractivity contribution in [3.63, 3.8) is 0 Å². The minimum atomic E-state index is 0.0732. The first-order valence-electron chi connectivity index (χ1n) is 2.62. The van der Waals surface area contributed by atoms with Crippen molar-refractivity contribution >= 4 is 29.5 Å². The van der Waals surface area contributed by atoms with Crippen LogP contribution in [0, 0.1) is 0 Å². The molecule has 52 valence electrons. The summed E-state index contributed by atoms with van der Waals surface area (Å²) in [4.78, 5) is 10.7. The predicted molar refractivity (Wildman–Crippen MR) is 46.1 cm³/mol. The van der Waals surface area contributed by atoms with E-state index >= 15 is 0 Å². The number of carbonyl (C=O) groups excluding carboxylic acids is 1. The van der Waals surface area contributed by atoms with Crippen LogP contribution in [-0.4, -0.2) is 16.6 Å². The van der Waals surface area contributed by atoms with Crippen molar-refractivity contribution in [3.05, 3.63) is 12.2 Å². The van der Waals surface area contributed by atoms with Gasteiger partial charge in [-0.25, -0.2) is 0 Å². The first-order valence-corrected chi connectivity index (χ1v) is 4.23. The summed E-state index contributed by atoms with van der Waals surface area (Å²) in [6, 6.07) is 0. The van der Waals surface area contributed by atoms with Gasteiger partial charge in [0.15, 0.2) is 0 Å². The summed E-state index contributed by atoms with van der Waals surface area (Å²) in [5, 5.41) is 0.0732. The van der Waals surface area contributed by atoms with E-state index in [1.54, 1.807) is 6.92 Å². The van der Waals surface area contributed by atoms with Gasteiger partial charge < -0.3 is 0 Å². The topological polar surface area (TPSA) is 17.1 Å². The van der Waals surface area contributed by atoms with E-state index in [0.29, 0.717) is 5.57 Å². The van der Waals surface area contributed by atoms with Gasteiger partial charge in [0, 0.05) is 5.75 Å². The van der Waals surface area contributed by atoms with Crippen molar-refractivity contribution < 1.29 is 4.79 Å². The molecule has 0 aromatic carbocycles. The molecule has 0 unspecified atom stereocenters. The van der Waals surface area contributed by atoms with Gasteiger partial charge in [0.2, 0.25) is 5.12 Å². The maximum atomic E-state index is 10.7. The van der Waals surface area contributed by atoms with Crippen molar-refractivity contribution in [2.24, 2.45) is 0 Å². The number of hydrogen-bond donors (Lipinski definition) is 1. The summed E-state index contributed by atoms with van der Waals surface area (Å²) >= 11 is 5.23. The molecular weight excluding hydrogens is 152 g/mol. The fourth-order valence-electron chi connectivity index (χ4n) is 0.262. The third-order valence-corrected chi connectivity index (χ3v) is 2.22. The minimum Gasteiger partial charge on any atom is -0.282 e. The number of hydrogen-bond acceptors (Lipinski definition) is 3. The van der Waals surface area contributed by atoms with Crippen LogP contribution in [-0.2, 0) is 4.79 Å². The summed E-state index contributed by atoms with van der Waals surface area (Å²) in [5.41, 5.74) is 0.613. The molecule has 0 aliphatic carbocycles. The maximum Gasteiger partial charge on any atom is 0.214 e. The van der Waals surface area contributed by atoms with Crippen LogP contribution in [0.5, 0.6) is 0 Å². The Morgan fingerprint density at radius 2 is 2.33 bits per heavy atom. The fraction of sp³-hybridized carbons (Fsp3) is 0.500. The average Bonchev–Trinajstić information content (AvgIpc) is 1.82. The Balaban J connectivity index is 3.39. The lowest BCUT2D eigenvalue weighted by Crippen LogP contribution is -1.93. The molecular formula is C6H10OS2. The van der Waals surface area contributed by atoms with Gasteiger partial charge in [-0.05, 0) is 18.2 Å². The predicted octanol–water partition coefficient (Wildman–Crippen LogP) is 1.75. The van der Waals surface area contributed by atoms with E-state index in [1.165, 1.54) is 11.8 Å². The second kappa shape index (κ2) is 4.94. The number of carbonyl (C=O) groups is 1. The molecule has 0 spiro atoms. The molecule has 0 fully saturated rings. The lowest BCUT2D eigenvalue weighted by molar-refractivity contribution is -0.107. The average molecular weight is 162 g/mol. The molecule has 0 atom stereocenters. The highest BCUT2D eigenvalue weighted by molar-refractivity contribution is 8.14. The molecule has 0 saturated heterocycles. The molecule has 0 heterocycles. The smallest absolute Gasteiger partial charge is 0.214 e. The lowest BCUT2D eigenvalue weighted by Gasteiger charge is -1.94. The van der Waals surface area contributed by atoms with Crippen LogP contribution in [0.4, 0.5) is 0 Å². The zero-order valence-electron chi connectivity index (χ0n) is 5.39. The molecule has 0 aliphatic rings. The second-order valence-electron chi connectivity index (χ2n) is 1.64. The highest BCUT2D eigenvalue weighted by Crippen LogP contribution is 2.07. The molecule has 0 radical (unpaired) electrons. The van der Waals surface area contributed by atoms with E-state index in [-0.39, 0.29) is 5.12 Å². The van der Waals surface area contributed by atoms with Crippen LogP contribution < -0.4 is 0 Å². The third kappa shape index (κ3) is 4.60. The highest BCUT2D eigenvalue weighted by atomic mass is 32.2. The molecule has 0 amide bonds. The van der Waals surface area contributed by atoms with Gasteiger partial charge in [-0.1, -0.05) is 18.3 Å². The zero-order valence-corrected chi connectivity index (χ0v) is 7.10. The Kier molecular flexibility index (Phi) is 5.00. The van der Waals surface area contributed by atoms with Crippen LogP contribution in [0.1, 0.15) is 6.92 Å². The van der Waals surface area contributed by atoms with Gasteiger partial charge in [0.25, 0.3) is 0 Å². The quantitative estimate of drug-likeness (QED) is 0.503. The van der Waals surface area contributed by atoms with Crippen molar-refractivity contribution in [1.29, 1.82) is 0 Å². The summed E-state index contributed by atoms with van der Waals surface area (Å²) in [7, 11) is 0. The molecule has 0 N–H and O–H groups in total. The summed E-state index contributed by atoms with van der Waals surface area (Å²) < 4.78 is 0. The van der Waals surface area contributed by atoms with Crippen molar-refractivity contribution in [1.82, 2.24) is 0 Å². The van der Waals surface area contributed by atoms with E-state index in [9.17, 15) is 4.79 Å². The molecule has 0 aromatic heterocycles. The molecule has 9 heavy (non-hydrogen) atoms. The Morgan fingerprint density at radius 1 is 1.78 bits per heavy atom. The van der Waals surface area contributed by atoms with E-state index in [1.807, 2.05) is 0 Å². The van der Waals surface area contributed by atoms with Crippen molar-refractivity contribution in [3.8, 4) is 0 Å². The van der Waals surface area contributed by atoms with Crippen molar-refractivity contribution in [2.45, 2.75) is 6.92 Å². The second-order valence-corrected chi connectivity index (χ2v) is 3.15. The number of thiol groups is 1. The van der Waals surface area contributed by atoms with Crippen LogP contribution in [0.2, 0.25) is 0 Å². The molecule has 0 rings (SSSR count). The normalized spacial score (nSPS) is 9.11. The number of rotatable bonds is 3. The lowest BCUT2D eigenvalue weighted by atomic mass is 10.4. The molecule has 1 nitrogen and oxygen atoms in total. The Morgan fingerprint density at radius 3 is 2.67 bits per heavy atom. The third-order valence-electron chi connectivity index (χ3n) is 0.673. The monoisotopic (exact) mass is 162 g/mol. The molecule has 0 aliphatic heterocycles. The SMILES string of the molecule is C=C(C)C(=O)SCCS. The molecule has 0 bridgehead atoms. The van der Waals surface area contributed by atoms with Crippen LogP contribution in [0.15, 0.2) is 12.2 Å². The van der Waals surface area contributed by atoms with Crippen LogP contribution in [0.3, 0.4) is 0 Å². The van der Waals surface area contributed by atoms with Gasteiger partial charge in [-0.15, -0.1) is 0 Å². The van der Waals surface area contributed by atoms with E-state index in [4.69, 9.17) is 0 Å². The summed E-state index contributed by atoms with van der Waals surface area (Å²) in [6.45, 7) is 5.23. The van der Waals surface area contributed by atoms with Gasteiger partial charge >= 0.3 is 0 Å². The van der Waals surface area contributed by atoms with E-state index in [2.05, 4.69) is 19.2 Å².